The summed E-state index contributed by atoms with van der Waals surface area (Å²) in [6, 6.07) is 6.09. The van der Waals surface area contributed by atoms with Crippen LogP contribution < -0.4 is 5.56 Å². The van der Waals surface area contributed by atoms with E-state index in [4.69, 9.17) is 23.2 Å². The lowest BCUT2D eigenvalue weighted by Crippen LogP contribution is -2.22. The van der Waals surface area contributed by atoms with Crippen LogP contribution in [0.3, 0.4) is 0 Å². The lowest BCUT2D eigenvalue weighted by molar-refractivity contribution is 0.597. The fourth-order valence-electron chi connectivity index (χ4n) is 2.64. The zero-order valence-corrected chi connectivity index (χ0v) is 14.1. The van der Waals surface area contributed by atoms with Crippen LogP contribution in [0, 0.1) is 11.7 Å². The molecule has 4 rings (SSSR count). The Balaban J connectivity index is 1.81. The molecule has 1 saturated carbocycles. The number of alkyl halides is 2. The highest BCUT2D eigenvalue weighted by Crippen LogP contribution is 2.53. The fourth-order valence-corrected chi connectivity index (χ4v) is 4.06. The van der Waals surface area contributed by atoms with Crippen LogP contribution in [-0.2, 0) is 6.54 Å². The molecule has 0 radical (unpaired) electrons. The summed E-state index contributed by atoms with van der Waals surface area (Å²) in [6.45, 7) is 0.452. The van der Waals surface area contributed by atoms with E-state index in [1.165, 1.54) is 29.8 Å². The first kappa shape index (κ1) is 15.1. The van der Waals surface area contributed by atoms with Crippen LogP contribution in [-0.4, -0.2) is 13.9 Å². The van der Waals surface area contributed by atoms with Crippen molar-refractivity contribution in [3.63, 3.8) is 0 Å². The van der Waals surface area contributed by atoms with E-state index >= 15 is 0 Å². The fraction of sp³-hybridized carbons (Fsp3) is 0.250. The maximum absolute atomic E-state index is 13.1. The number of hydrogen-bond donors (Lipinski definition) is 0. The lowest BCUT2D eigenvalue weighted by Gasteiger charge is -2.06. The van der Waals surface area contributed by atoms with Crippen molar-refractivity contribution in [1.29, 1.82) is 0 Å². The summed E-state index contributed by atoms with van der Waals surface area (Å²) >= 11 is 13.5. The number of thiophene rings is 1. The van der Waals surface area contributed by atoms with Crippen LogP contribution >= 0.6 is 34.5 Å². The van der Waals surface area contributed by atoms with Gasteiger partial charge in [0.05, 0.1) is 11.7 Å². The van der Waals surface area contributed by atoms with E-state index in [0.29, 0.717) is 23.2 Å². The van der Waals surface area contributed by atoms with Crippen molar-refractivity contribution in [3.8, 4) is 11.1 Å². The topological polar surface area (TPSA) is 34.9 Å². The van der Waals surface area contributed by atoms with Gasteiger partial charge in [0.2, 0.25) is 0 Å². The third-order valence-corrected chi connectivity index (χ3v) is 5.90. The van der Waals surface area contributed by atoms with Gasteiger partial charge < -0.3 is 0 Å². The molecule has 0 saturated heterocycles. The van der Waals surface area contributed by atoms with Crippen LogP contribution in [0.5, 0.6) is 0 Å². The number of halogens is 3. The van der Waals surface area contributed by atoms with Crippen molar-refractivity contribution in [3.05, 3.63) is 52.1 Å². The maximum atomic E-state index is 13.1. The Kier molecular flexibility index (Phi) is 3.48. The molecule has 0 bridgehead atoms. The second-order valence-corrected chi connectivity index (χ2v) is 8.10. The van der Waals surface area contributed by atoms with E-state index in [1.54, 1.807) is 16.7 Å². The van der Waals surface area contributed by atoms with E-state index in [1.807, 2.05) is 5.38 Å². The molecule has 0 unspecified atom stereocenters. The predicted molar refractivity (Wildman–Crippen MR) is 91.8 cm³/mol. The molecule has 2 heterocycles. The number of rotatable bonds is 3. The molecule has 0 N–H and O–H groups in total. The monoisotopic (exact) mass is 368 g/mol. The SMILES string of the molecule is O=c1c2c(-c3ccc(F)cc3)csc2ncn1C[C@@H]1CC1(Cl)Cl. The molecular weight excluding hydrogens is 358 g/mol. The van der Waals surface area contributed by atoms with Gasteiger partial charge in [-0.1, -0.05) is 12.1 Å². The Labute approximate surface area is 145 Å². The molecule has 1 aliphatic carbocycles. The van der Waals surface area contributed by atoms with Gasteiger partial charge in [-0.05, 0) is 24.1 Å². The Morgan fingerprint density at radius 2 is 2.04 bits per heavy atom. The Morgan fingerprint density at radius 1 is 1.35 bits per heavy atom. The molecule has 1 fully saturated rings. The van der Waals surface area contributed by atoms with Crippen molar-refractivity contribution in [2.45, 2.75) is 17.3 Å². The third kappa shape index (κ3) is 2.67. The van der Waals surface area contributed by atoms with Gasteiger partial charge in [-0.2, -0.15) is 0 Å². The molecule has 0 aliphatic heterocycles. The summed E-state index contributed by atoms with van der Waals surface area (Å²) in [5.41, 5.74) is 1.45. The Morgan fingerprint density at radius 3 is 2.70 bits per heavy atom. The molecular formula is C16H11Cl2FN2OS. The average Bonchev–Trinajstić information content (AvgIpc) is 2.94. The van der Waals surface area contributed by atoms with Crippen LogP contribution in [0.1, 0.15) is 6.42 Å². The summed E-state index contributed by atoms with van der Waals surface area (Å²) < 4.78 is 13.9. The quantitative estimate of drug-likeness (QED) is 0.639. The van der Waals surface area contributed by atoms with Crippen molar-refractivity contribution in [1.82, 2.24) is 9.55 Å². The molecule has 0 spiro atoms. The Hall–Kier alpha value is -1.43. The second-order valence-electron chi connectivity index (χ2n) is 5.70. The van der Waals surface area contributed by atoms with E-state index in [9.17, 15) is 9.18 Å². The minimum absolute atomic E-state index is 0.0655. The number of nitrogens with zero attached hydrogens (tertiary/aromatic N) is 2. The molecule has 7 heteroatoms. The first-order valence-corrected chi connectivity index (χ1v) is 8.70. The van der Waals surface area contributed by atoms with E-state index < -0.39 is 4.33 Å². The highest BCUT2D eigenvalue weighted by Gasteiger charge is 2.51. The normalized spacial score (nSPS) is 19.2. The van der Waals surface area contributed by atoms with Crippen LogP contribution in [0.25, 0.3) is 21.3 Å². The molecule has 0 amide bonds. The predicted octanol–water partition coefficient (Wildman–Crippen LogP) is 4.46. The summed E-state index contributed by atoms with van der Waals surface area (Å²) in [5.74, 6) is -0.242. The van der Waals surface area contributed by atoms with Gasteiger partial charge in [-0.15, -0.1) is 34.5 Å². The second kappa shape index (κ2) is 5.30. The first-order valence-electron chi connectivity index (χ1n) is 7.06. The highest BCUT2D eigenvalue weighted by molar-refractivity contribution is 7.17. The third-order valence-electron chi connectivity index (χ3n) is 4.09. The van der Waals surface area contributed by atoms with Crippen molar-refractivity contribution in [2.75, 3.05) is 0 Å². The number of fused-ring (bicyclic) bond motifs is 1. The van der Waals surface area contributed by atoms with Gasteiger partial charge in [-0.25, -0.2) is 9.37 Å². The average molecular weight is 369 g/mol. The van der Waals surface area contributed by atoms with Crippen molar-refractivity contribution < 1.29 is 4.39 Å². The van der Waals surface area contributed by atoms with Gasteiger partial charge >= 0.3 is 0 Å². The summed E-state index contributed by atoms with van der Waals surface area (Å²) in [5, 5.41) is 2.43. The number of hydrogen-bond acceptors (Lipinski definition) is 3. The molecule has 1 atom stereocenters. The standard InChI is InChI=1S/C16H11Cl2FN2OS/c17-16(18)5-10(16)6-21-8-20-14-13(15(21)22)12(7-23-14)9-1-3-11(19)4-2-9/h1-4,7-8,10H,5-6H2/t10-/m0/s1. The lowest BCUT2D eigenvalue weighted by atomic mass is 10.1. The molecule has 1 aliphatic rings. The minimum atomic E-state index is -0.733. The molecule has 2 aromatic heterocycles. The molecule has 23 heavy (non-hydrogen) atoms. The van der Waals surface area contributed by atoms with E-state index in [2.05, 4.69) is 4.98 Å². The molecule has 3 nitrogen and oxygen atoms in total. The summed E-state index contributed by atoms with van der Waals surface area (Å²) in [4.78, 5) is 17.8. The zero-order chi connectivity index (χ0) is 16.2. The minimum Gasteiger partial charge on any atom is -0.298 e. The smallest absolute Gasteiger partial charge is 0.262 e. The maximum Gasteiger partial charge on any atom is 0.262 e. The molecule has 1 aromatic carbocycles. The van der Waals surface area contributed by atoms with Gasteiger partial charge in [0.15, 0.2) is 0 Å². The zero-order valence-electron chi connectivity index (χ0n) is 11.8. The van der Waals surface area contributed by atoms with Gasteiger partial charge in [0.1, 0.15) is 15.0 Å². The van der Waals surface area contributed by atoms with Crippen LogP contribution in [0.15, 0.2) is 40.8 Å². The number of benzene rings is 1. The highest BCUT2D eigenvalue weighted by atomic mass is 35.5. The van der Waals surface area contributed by atoms with Gasteiger partial charge in [0.25, 0.3) is 5.56 Å². The van der Waals surface area contributed by atoms with Gasteiger partial charge in [-0.3, -0.25) is 9.36 Å². The molecule has 118 valence electrons. The van der Waals surface area contributed by atoms with Crippen molar-refractivity contribution >= 4 is 44.8 Å². The summed E-state index contributed by atoms with van der Waals surface area (Å²) in [6.07, 6.45) is 2.22. The first-order chi connectivity index (χ1) is 11.0. The Bertz CT molecular complexity index is 949. The van der Waals surface area contributed by atoms with E-state index in [0.717, 1.165) is 11.1 Å². The number of aromatic nitrogens is 2. The van der Waals surface area contributed by atoms with Gasteiger partial charge in [0, 0.05) is 23.4 Å². The van der Waals surface area contributed by atoms with Crippen molar-refractivity contribution in [2.24, 2.45) is 5.92 Å². The largest absolute Gasteiger partial charge is 0.298 e. The molecule has 3 aromatic rings. The van der Waals surface area contributed by atoms with Crippen LogP contribution in [0.4, 0.5) is 4.39 Å². The summed E-state index contributed by atoms with van der Waals surface area (Å²) in [7, 11) is 0. The van der Waals surface area contributed by atoms with Crippen LogP contribution in [0.2, 0.25) is 0 Å². The van der Waals surface area contributed by atoms with E-state index in [-0.39, 0.29) is 17.3 Å².